The summed E-state index contributed by atoms with van der Waals surface area (Å²) in [6.45, 7) is 6.22. The van der Waals surface area contributed by atoms with E-state index in [0.717, 1.165) is 25.9 Å². The molecule has 3 rings (SSSR count). The molecule has 0 amide bonds. The average Bonchev–Trinajstić information content (AvgIpc) is 2.48. The summed E-state index contributed by atoms with van der Waals surface area (Å²) < 4.78 is 1.42. The molecule has 2 heterocycles. The first-order valence-corrected chi connectivity index (χ1v) is 7.55. The third-order valence-corrected chi connectivity index (χ3v) is 4.43. The van der Waals surface area contributed by atoms with Crippen molar-refractivity contribution in [3.63, 3.8) is 0 Å². The first kappa shape index (κ1) is 14.1. The zero-order valence-electron chi connectivity index (χ0n) is 12.5. The molecule has 0 unspecified atom stereocenters. The fraction of sp³-hybridized carbons (Fsp3) is 0.500. The van der Waals surface area contributed by atoms with Crippen molar-refractivity contribution in [1.82, 2.24) is 14.5 Å². The zero-order chi connectivity index (χ0) is 15.0. The van der Waals surface area contributed by atoms with E-state index >= 15 is 0 Å². The van der Waals surface area contributed by atoms with Crippen LogP contribution in [-0.2, 0) is 0 Å². The van der Waals surface area contributed by atoms with Crippen LogP contribution in [0.1, 0.15) is 32.7 Å². The Hall–Kier alpha value is -1.88. The molecule has 1 aromatic carbocycles. The van der Waals surface area contributed by atoms with E-state index in [-0.39, 0.29) is 17.3 Å². The molecule has 1 saturated heterocycles. The van der Waals surface area contributed by atoms with Crippen molar-refractivity contribution in [3.8, 4) is 0 Å². The second-order valence-electron chi connectivity index (χ2n) is 6.01. The van der Waals surface area contributed by atoms with Crippen molar-refractivity contribution in [2.45, 2.75) is 38.8 Å². The second-order valence-corrected chi connectivity index (χ2v) is 6.01. The first-order chi connectivity index (χ1) is 10.1. The number of likely N-dealkylation sites (tertiary alicyclic amines) is 1. The van der Waals surface area contributed by atoms with Crippen molar-refractivity contribution < 1.29 is 0 Å². The van der Waals surface area contributed by atoms with Gasteiger partial charge in [0.05, 0.1) is 10.9 Å². The van der Waals surface area contributed by atoms with Crippen LogP contribution in [0.5, 0.6) is 0 Å². The Kier molecular flexibility index (Phi) is 3.68. The van der Waals surface area contributed by atoms with Crippen LogP contribution >= 0.6 is 0 Å². The second kappa shape index (κ2) is 5.48. The summed E-state index contributed by atoms with van der Waals surface area (Å²) >= 11 is 0. The highest BCUT2D eigenvalue weighted by atomic mass is 16.2. The number of H-pyrrole nitrogens is 1. The molecule has 0 atom stereocenters. The number of para-hydroxylation sites is 1. The molecule has 1 fully saturated rings. The maximum absolute atomic E-state index is 12.6. The van der Waals surface area contributed by atoms with E-state index in [1.165, 1.54) is 4.57 Å². The molecule has 2 aromatic rings. The number of rotatable bonds is 2. The molecule has 112 valence electrons. The smallest absolute Gasteiger partial charge is 0.307 e. The van der Waals surface area contributed by atoms with E-state index in [1.54, 1.807) is 12.1 Å². The Morgan fingerprint density at radius 1 is 1.14 bits per heavy atom. The molecule has 1 aromatic heterocycles. The van der Waals surface area contributed by atoms with Gasteiger partial charge in [-0.15, -0.1) is 0 Å². The number of piperidine rings is 1. The molecule has 1 aliphatic rings. The minimum atomic E-state index is -0.290. The topological polar surface area (TPSA) is 58.1 Å². The molecule has 5 nitrogen and oxygen atoms in total. The zero-order valence-corrected chi connectivity index (χ0v) is 12.5. The summed E-state index contributed by atoms with van der Waals surface area (Å²) in [5.41, 5.74) is 0.155. The molecular formula is C16H21N3O2. The standard InChI is InChI=1S/C16H21N3O2/c1-11(2)18-9-7-12(8-10-18)19-15(20)13-5-3-4-6-14(13)17-16(19)21/h3-6,11-12H,7-10H2,1-2H3,(H,17,21). The van der Waals surface area contributed by atoms with Gasteiger partial charge < -0.3 is 9.88 Å². The van der Waals surface area contributed by atoms with E-state index in [4.69, 9.17) is 0 Å². The van der Waals surface area contributed by atoms with Gasteiger partial charge >= 0.3 is 5.69 Å². The normalized spacial score (nSPS) is 17.7. The third kappa shape index (κ3) is 2.53. The highest BCUT2D eigenvalue weighted by Crippen LogP contribution is 2.21. The summed E-state index contributed by atoms with van der Waals surface area (Å²) in [5, 5.41) is 0.586. The number of nitrogens with zero attached hydrogens (tertiary/aromatic N) is 2. The predicted molar refractivity (Wildman–Crippen MR) is 83.8 cm³/mol. The molecule has 0 aliphatic carbocycles. The van der Waals surface area contributed by atoms with E-state index in [9.17, 15) is 9.59 Å². The maximum Gasteiger partial charge on any atom is 0.329 e. The van der Waals surface area contributed by atoms with Crippen LogP contribution in [0, 0.1) is 0 Å². The van der Waals surface area contributed by atoms with Crippen LogP contribution in [0.3, 0.4) is 0 Å². The van der Waals surface area contributed by atoms with Crippen molar-refractivity contribution in [2.75, 3.05) is 13.1 Å². The lowest BCUT2D eigenvalue weighted by Crippen LogP contribution is -2.45. The number of benzene rings is 1. The Morgan fingerprint density at radius 3 is 2.48 bits per heavy atom. The first-order valence-electron chi connectivity index (χ1n) is 7.55. The summed E-state index contributed by atoms with van der Waals surface area (Å²) in [6.07, 6.45) is 1.69. The lowest BCUT2D eigenvalue weighted by Gasteiger charge is -2.34. The molecule has 1 aliphatic heterocycles. The fourth-order valence-electron chi connectivity index (χ4n) is 3.17. The highest BCUT2D eigenvalue weighted by Gasteiger charge is 2.24. The van der Waals surface area contributed by atoms with Gasteiger partial charge in [-0.2, -0.15) is 0 Å². The summed E-state index contributed by atoms with van der Waals surface area (Å²) in [5.74, 6) is 0. The lowest BCUT2D eigenvalue weighted by molar-refractivity contribution is 0.149. The summed E-state index contributed by atoms with van der Waals surface area (Å²) in [7, 11) is 0. The Balaban J connectivity index is 1.98. The molecule has 0 saturated carbocycles. The third-order valence-electron chi connectivity index (χ3n) is 4.43. The molecule has 5 heteroatoms. The van der Waals surface area contributed by atoms with Crippen molar-refractivity contribution in [2.24, 2.45) is 0 Å². The van der Waals surface area contributed by atoms with Gasteiger partial charge in [-0.1, -0.05) is 12.1 Å². The van der Waals surface area contributed by atoms with Gasteiger partial charge in [-0.05, 0) is 38.8 Å². The fourth-order valence-corrected chi connectivity index (χ4v) is 3.17. The van der Waals surface area contributed by atoms with Gasteiger partial charge in [-0.3, -0.25) is 9.36 Å². The number of hydrogen-bond donors (Lipinski definition) is 1. The van der Waals surface area contributed by atoms with Crippen LogP contribution < -0.4 is 11.2 Å². The largest absolute Gasteiger partial charge is 0.329 e. The van der Waals surface area contributed by atoms with Crippen molar-refractivity contribution in [3.05, 3.63) is 45.1 Å². The maximum atomic E-state index is 12.6. The minimum absolute atomic E-state index is 0.000793. The molecule has 0 radical (unpaired) electrons. The number of aromatic nitrogens is 2. The number of fused-ring (bicyclic) bond motifs is 1. The highest BCUT2D eigenvalue weighted by molar-refractivity contribution is 5.76. The molecular weight excluding hydrogens is 266 g/mol. The van der Waals surface area contributed by atoms with Crippen LogP contribution in [0.25, 0.3) is 10.9 Å². The van der Waals surface area contributed by atoms with Crippen LogP contribution in [0.4, 0.5) is 0 Å². The van der Waals surface area contributed by atoms with Gasteiger partial charge in [0.2, 0.25) is 0 Å². The van der Waals surface area contributed by atoms with Crippen LogP contribution in [0.2, 0.25) is 0 Å². The van der Waals surface area contributed by atoms with Gasteiger partial charge in [0.1, 0.15) is 0 Å². The van der Waals surface area contributed by atoms with E-state index in [0.29, 0.717) is 16.9 Å². The Labute approximate surface area is 123 Å². The summed E-state index contributed by atoms with van der Waals surface area (Å²) in [4.78, 5) is 30.1. The predicted octanol–water partition coefficient (Wildman–Crippen LogP) is 1.74. The van der Waals surface area contributed by atoms with Crippen molar-refractivity contribution >= 4 is 10.9 Å². The summed E-state index contributed by atoms with van der Waals surface area (Å²) in [6, 6.07) is 7.70. The van der Waals surface area contributed by atoms with Gasteiger partial charge in [0, 0.05) is 25.2 Å². The van der Waals surface area contributed by atoms with Gasteiger partial charge in [0.25, 0.3) is 5.56 Å². The molecule has 0 spiro atoms. The van der Waals surface area contributed by atoms with E-state index in [1.807, 2.05) is 12.1 Å². The number of nitrogens with one attached hydrogen (secondary N) is 1. The van der Waals surface area contributed by atoms with E-state index in [2.05, 4.69) is 23.7 Å². The monoisotopic (exact) mass is 287 g/mol. The van der Waals surface area contributed by atoms with Crippen LogP contribution in [-0.4, -0.2) is 33.6 Å². The Morgan fingerprint density at radius 2 is 1.81 bits per heavy atom. The molecule has 21 heavy (non-hydrogen) atoms. The van der Waals surface area contributed by atoms with Crippen LogP contribution in [0.15, 0.2) is 33.9 Å². The van der Waals surface area contributed by atoms with Gasteiger partial charge in [0.15, 0.2) is 0 Å². The van der Waals surface area contributed by atoms with Gasteiger partial charge in [-0.25, -0.2) is 4.79 Å². The Bertz CT molecular complexity index is 752. The molecule has 0 bridgehead atoms. The number of hydrogen-bond acceptors (Lipinski definition) is 3. The molecule has 1 N–H and O–H groups in total. The van der Waals surface area contributed by atoms with Crippen molar-refractivity contribution in [1.29, 1.82) is 0 Å². The quantitative estimate of drug-likeness (QED) is 0.915. The SMILES string of the molecule is CC(C)N1CCC(n2c(=O)[nH]c3ccccc3c2=O)CC1. The number of aromatic amines is 1. The minimum Gasteiger partial charge on any atom is -0.307 e. The average molecular weight is 287 g/mol. The van der Waals surface area contributed by atoms with E-state index < -0.39 is 0 Å². The lowest BCUT2D eigenvalue weighted by atomic mass is 10.0.